The molecule has 0 atom stereocenters. The SMILES string of the molecule is CC1(C)NC(=O)C2(CCCC2)N(Cc2cncs2)C1=O. The second-order valence-corrected chi connectivity index (χ2v) is 7.15. The Bertz CT molecular complexity index is 533. The minimum absolute atomic E-state index is 0.00381. The summed E-state index contributed by atoms with van der Waals surface area (Å²) >= 11 is 1.53. The van der Waals surface area contributed by atoms with Gasteiger partial charge in [-0.1, -0.05) is 12.8 Å². The van der Waals surface area contributed by atoms with E-state index in [1.807, 2.05) is 0 Å². The molecule has 1 aliphatic carbocycles. The van der Waals surface area contributed by atoms with Gasteiger partial charge in [0.15, 0.2) is 0 Å². The zero-order valence-corrected chi connectivity index (χ0v) is 12.6. The number of nitrogens with zero attached hydrogens (tertiary/aromatic N) is 2. The molecule has 1 N–H and O–H groups in total. The van der Waals surface area contributed by atoms with Gasteiger partial charge in [-0.2, -0.15) is 0 Å². The van der Waals surface area contributed by atoms with E-state index in [0.717, 1.165) is 30.6 Å². The van der Waals surface area contributed by atoms with Crippen molar-refractivity contribution in [2.75, 3.05) is 0 Å². The number of thiazole rings is 1. The van der Waals surface area contributed by atoms with Crippen LogP contribution >= 0.6 is 11.3 Å². The molecule has 6 heteroatoms. The number of carbonyl (C=O) groups excluding carboxylic acids is 2. The molecule has 1 saturated carbocycles. The highest BCUT2D eigenvalue weighted by atomic mass is 32.1. The highest BCUT2D eigenvalue weighted by Gasteiger charge is 2.56. The van der Waals surface area contributed by atoms with Crippen molar-refractivity contribution in [1.29, 1.82) is 0 Å². The summed E-state index contributed by atoms with van der Waals surface area (Å²) in [6.45, 7) is 4.03. The average Bonchev–Trinajstić information content (AvgIpc) is 3.05. The van der Waals surface area contributed by atoms with Crippen molar-refractivity contribution in [3.8, 4) is 0 Å². The number of nitrogens with one attached hydrogen (secondary N) is 1. The molecule has 1 saturated heterocycles. The van der Waals surface area contributed by atoms with Crippen molar-refractivity contribution < 1.29 is 9.59 Å². The molecule has 20 heavy (non-hydrogen) atoms. The van der Waals surface area contributed by atoms with Gasteiger partial charge >= 0.3 is 0 Å². The van der Waals surface area contributed by atoms with E-state index in [1.54, 1.807) is 30.5 Å². The van der Waals surface area contributed by atoms with E-state index >= 15 is 0 Å². The highest BCUT2D eigenvalue weighted by molar-refractivity contribution is 7.09. The molecule has 0 aromatic carbocycles. The lowest BCUT2D eigenvalue weighted by Crippen LogP contribution is -2.73. The quantitative estimate of drug-likeness (QED) is 0.902. The van der Waals surface area contributed by atoms with Crippen molar-refractivity contribution in [2.45, 2.75) is 57.2 Å². The molecule has 0 radical (unpaired) electrons. The molecule has 0 bridgehead atoms. The first kappa shape index (κ1) is 13.5. The lowest BCUT2D eigenvalue weighted by molar-refractivity contribution is -0.162. The van der Waals surface area contributed by atoms with Crippen LogP contribution in [-0.4, -0.2) is 32.8 Å². The Morgan fingerprint density at radius 2 is 2.05 bits per heavy atom. The second-order valence-electron chi connectivity index (χ2n) is 6.18. The van der Waals surface area contributed by atoms with Crippen molar-refractivity contribution in [1.82, 2.24) is 15.2 Å². The van der Waals surface area contributed by atoms with Crippen molar-refractivity contribution in [3.05, 3.63) is 16.6 Å². The van der Waals surface area contributed by atoms with E-state index in [4.69, 9.17) is 0 Å². The van der Waals surface area contributed by atoms with E-state index < -0.39 is 11.1 Å². The first-order valence-electron chi connectivity index (χ1n) is 6.98. The molecule has 1 aliphatic heterocycles. The highest BCUT2D eigenvalue weighted by Crippen LogP contribution is 2.40. The number of rotatable bonds is 2. The van der Waals surface area contributed by atoms with Crippen LogP contribution in [0.2, 0.25) is 0 Å². The largest absolute Gasteiger partial charge is 0.340 e. The fourth-order valence-electron chi connectivity index (χ4n) is 3.26. The number of hydrogen-bond acceptors (Lipinski definition) is 4. The minimum atomic E-state index is -0.824. The van der Waals surface area contributed by atoms with E-state index in [-0.39, 0.29) is 11.8 Å². The van der Waals surface area contributed by atoms with Crippen LogP contribution in [0.3, 0.4) is 0 Å². The monoisotopic (exact) mass is 293 g/mol. The number of hydrogen-bond donors (Lipinski definition) is 1. The number of aromatic nitrogens is 1. The van der Waals surface area contributed by atoms with Gasteiger partial charge in [-0.25, -0.2) is 0 Å². The van der Waals surface area contributed by atoms with Gasteiger partial charge in [-0.05, 0) is 26.7 Å². The third-order valence-corrected chi connectivity index (χ3v) is 5.14. The summed E-state index contributed by atoms with van der Waals surface area (Å²) in [5.74, 6) is 0.0107. The van der Waals surface area contributed by atoms with Gasteiger partial charge < -0.3 is 10.2 Å². The molecule has 108 valence electrons. The first-order valence-corrected chi connectivity index (χ1v) is 7.86. The van der Waals surface area contributed by atoms with Gasteiger partial charge in [0.2, 0.25) is 11.8 Å². The summed E-state index contributed by atoms with van der Waals surface area (Å²) in [6.07, 6.45) is 5.31. The molecule has 2 aliphatic rings. The Hall–Kier alpha value is -1.43. The molecule has 1 spiro atoms. The molecule has 2 heterocycles. The van der Waals surface area contributed by atoms with Crippen molar-refractivity contribution >= 4 is 23.2 Å². The minimum Gasteiger partial charge on any atom is -0.340 e. The summed E-state index contributed by atoms with van der Waals surface area (Å²) in [7, 11) is 0. The molecule has 2 amide bonds. The predicted molar refractivity (Wildman–Crippen MR) is 76.1 cm³/mol. The van der Waals surface area contributed by atoms with Crippen LogP contribution in [0.25, 0.3) is 0 Å². The zero-order chi connectivity index (χ0) is 14.4. The van der Waals surface area contributed by atoms with Crippen LogP contribution in [0.4, 0.5) is 0 Å². The van der Waals surface area contributed by atoms with Crippen LogP contribution in [0.15, 0.2) is 11.7 Å². The fraction of sp³-hybridized carbons (Fsp3) is 0.643. The number of carbonyl (C=O) groups is 2. The van der Waals surface area contributed by atoms with Crippen LogP contribution in [0.5, 0.6) is 0 Å². The van der Waals surface area contributed by atoms with Gasteiger partial charge in [0, 0.05) is 11.1 Å². The Balaban J connectivity index is 1.98. The molecule has 5 nitrogen and oxygen atoms in total. The van der Waals surface area contributed by atoms with Crippen molar-refractivity contribution in [3.63, 3.8) is 0 Å². The third kappa shape index (κ3) is 1.93. The van der Waals surface area contributed by atoms with Crippen LogP contribution < -0.4 is 5.32 Å². The normalized spacial score (nSPS) is 24.2. The van der Waals surface area contributed by atoms with Gasteiger partial charge in [0.1, 0.15) is 11.1 Å². The standard InChI is InChI=1S/C14H19N3O2S/c1-13(2)12(19)17(8-10-7-15-9-20-10)14(11(18)16-13)5-3-4-6-14/h7,9H,3-6,8H2,1-2H3,(H,16,18). The smallest absolute Gasteiger partial charge is 0.248 e. The number of piperazine rings is 1. The number of amides is 2. The van der Waals surface area contributed by atoms with Gasteiger partial charge in [0.25, 0.3) is 0 Å². The molecular weight excluding hydrogens is 274 g/mol. The molecule has 1 aromatic heterocycles. The Morgan fingerprint density at radius 3 is 2.65 bits per heavy atom. The molecule has 2 fully saturated rings. The summed E-state index contributed by atoms with van der Waals surface area (Å²) in [5.41, 5.74) is 0.294. The van der Waals surface area contributed by atoms with Crippen LogP contribution in [0.1, 0.15) is 44.4 Å². The maximum absolute atomic E-state index is 12.8. The topological polar surface area (TPSA) is 62.3 Å². The second kappa shape index (κ2) is 4.55. The van der Waals surface area contributed by atoms with Crippen LogP contribution in [-0.2, 0) is 16.1 Å². The van der Waals surface area contributed by atoms with Gasteiger partial charge in [-0.3, -0.25) is 14.6 Å². The van der Waals surface area contributed by atoms with Gasteiger partial charge in [0.05, 0.1) is 12.1 Å². The average molecular weight is 293 g/mol. The maximum Gasteiger partial charge on any atom is 0.248 e. The van der Waals surface area contributed by atoms with E-state index in [0.29, 0.717) is 6.54 Å². The fourth-order valence-corrected chi connectivity index (χ4v) is 3.85. The zero-order valence-electron chi connectivity index (χ0n) is 11.8. The summed E-state index contributed by atoms with van der Waals surface area (Å²) in [5, 5.41) is 2.91. The predicted octanol–water partition coefficient (Wildman–Crippen LogP) is 1.69. The van der Waals surface area contributed by atoms with Crippen LogP contribution in [0, 0.1) is 0 Å². The molecule has 3 rings (SSSR count). The lowest BCUT2D eigenvalue weighted by Gasteiger charge is -2.49. The summed E-state index contributed by atoms with van der Waals surface area (Å²) < 4.78 is 0. The maximum atomic E-state index is 12.8. The molecule has 1 aromatic rings. The van der Waals surface area contributed by atoms with E-state index in [2.05, 4.69) is 10.3 Å². The summed E-state index contributed by atoms with van der Waals surface area (Å²) in [6, 6.07) is 0. The first-order chi connectivity index (χ1) is 9.46. The Labute approximate surface area is 122 Å². The third-order valence-electron chi connectivity index (χ3n) is 4.37. The Kier molecular flexibility index (Phi) is 3.08. The van der Waals surface area contributed by atoms with Crippen molar-refractivity contribution in [2.24, 2.45) is 0 Å². The van der Waals surface area contributed by atoms with E-state index in [1.165, 1.54) is 11.3 Å². The molecular formula is C14H19N3O2S. The summed E-state index contributed by atoms with van der Waals surface area (Å²) in [4.78, 5) is 32.3. The molecule has 0 unspecified atom stereocenters. The van der Waals surface area contributed by atoms with Gasteiger partial charge in [-0.15, -0.1) is 11.3 Å². The Morgan fingerprint density at radius 1 is 1.35 bits per heavy atom. The lowest BCUT2D eigenvalue weighted by atomic mass is 9.85. The van der Waals surface area contributed by atoms with E-state index in [9.17, 15) is 9.59 Å².